The number of hydrogen-bond acceptors (Lipinski definition) is 5. The second-order valence-corrected chi connectivity index (χ2v) is 7.75. The molecule has 0 saturated carbocycles. The topological polar surface area (TPSA) is 65.2 Å². The van der Waals surface area contributed by atoms with E-state index in [1.54, 1.807) is 12.4 Å². The van der Waals surface area contributed by atoms with E-state index in [0.29, 0.717) is 24.5 Å². The largest absolute Gasteiger partial charge is 0.489 e. The van der Waals surface area contributed by atoms with Gasteiger partial charge in [0.05, 0.1) is 6.20 Å². The molecule has 31 heavy (non-hydrogen) atoms. The van der Waals surface area contributed by atoms with E-state index in [1.807, 2.05) is 42.5 Å². The number of pyridine rings is 1. The van der Waals surface area contributed by atoms with E-state index < -0.39 is 0 Å². The monoisotopic (exact) mass is 410 g/mol. The van der Waals surface area contributed by atoms with Gasteiger partial charge in [-0.25, -0.2) is 4.98 Å². The van der Waals surface area contributed by atoms with Crippen LogP contribution in [0.1, 0.15) is 33.8 Å². The Morgan fingerprint density at radius 3 is 2.71 bits per heavy atom. The molecule has 0 aliphatic heterocycles. The predicted octanol–water partition coefficient (Wildman–Crippen LogP) is 5.30. The summed E-state index contributed by atoms with van der Waals surface area (Å²) in [6.07, 6.45) is 5.56. The summed E-state index contributed by atoms with van der Waals surface area (Å²) >= 11 is 0. The number of fused-ring (bicyclic) bond motifs is 1. The molecule has 2 aromatic heterocycles. The Kier molecular flexibility index (Phi) is 5.31. The lowest BCUT2D eigenvalue weighted by molar-refractivity contribution is 0.0873. The molecule has 5 rings (SSSR count). The quantitative estimate of drug-likeness (QED) is 0.403. The highest BCUT2D eigenvalue weighted by Crippen LogP contribution is 2.31. The van der Waals surface area contributed by atoms with E-state index in [-0.39, 0.29) is 17.6 Å². The molecule has 154 valence electrons. The van der Waals surface area contributed by atoms with E-state index in [1.165, 1.54) is 11.1 Å². The molecule has 4 aromatic rings. The first-order valence-corrected chi connectivity index (χ1v) is 10.5. The van der Waals surface area contributed by atoms with E-state index >= 15 is 0 Å². The van der Waals surface area contributed by atoms with Crippen LogP contribution in [0.2, 0.25) is 0 Å². The fraction of sp³-hybridized carbons (Fsp3) is 0.192. The van der Waals surface area contributed by atoms with Gasteiger partial charge in [-0.15, -0.1) is 0 Å². The number of ketones is 1. The molecule has 1 atom stereocenters. The summed E-state index contributed by atoms with van der Waals surface area (Å²) in [7, 11) is 0. The van der Waals surface area contributed by atoms with Crippen LogP contribution >= 0.6 is 0 Å². The van der Waals surface area contributed by atoms with Crippen molar-refractivity contribution in [3.05, 3.63) is 102 Å². The zero-order valence-electron chi connectivity index (χ0n) is 17.0. The number of carbonyl (C=O) groups excluding carboxylic acids is 1. The van der Waals surface area contributed by atoms with Gasteiger partial charge in [-0.2, -0.15) is 0 Å². The Hall–Kier alpha value is -3.73. The summed E-state index contributed by atoms with van der Waals surface area (Å²) in [4.78, 5) is 21.4. The Bertz CT molecular complexity index is 1190. The fourth-order valence-electron chi connectivity index (χ4n) is 3.98. The van der Waals surface area contributed by atoms with Gasteiger partial charge in [0.2, 0.25) is 5.78 Å². The molecule has 0 saturated heterocycles. The van der Waals surface area contributed by atoms with Gasteiger partial charge in [0.1, 0.15) is 18.1 Å². The van der Waals surface area contributed by atoms with Gasteiger partial charge in [0, 0.05) is 12.1 Å². The number of aryl methyl sites for hydroxylation is 1. The van der Waals surface area contributed by atoms with Crippen molar-refractivity contribution in [2.75, 3.05) is 0 Å². The van der Waals surface area contributed by atoms with Crippen LogP contribution in [0.5, 0.6) is 5.75 Å². The Morgan fingerprint density at radius 2 is 1.87 bits per heavy atom. The summed E-state index contributed by atoms with van der Waals surface area (Å²) in [6, 6.07) is 21.8. The van der Waals surface area contributed by atoms with Crippen LogP contribution in [0.15, 0.2) is 83.5 Å². The number of rotatable bonds is 6. The number of aromatic nitrogens is 2. The van der Waals surface area contributed by atoms with E-state index in [2.05, 4.69) is 34.2 Å². The average Bonchev–Trinajstić information content (AvgIpc) is 3.33. The molecule has 1 aliphatic rings. The van der Waals surface area contributed by atoms with Crippen molar-refractivity contribution in [1.82, 2.24) is 9.97 Å². The molecule has 0 fully saturated rings. The van der Waals surface area contributed by atoms with Gasteiger partial charge in [0.25, 0.3) is 5.89 Å². The molecule has 0 amide bonds. The van der Waals surface area contributed by atoms with Crippen LogP contribution in [-0.4, -0.2) is 15.8 Å². The first kappa shape index (κ1) is 19.2. The number of oxazole rings is 1. The predicted molar refractivity (Wildman–Crippen MR) is 117 cm³/mol. The number of hydrogen-bond donors (Lipinski definition) is 0. The lowest BCUT2D eigenvalue weighted by Crippen LogP contribution is -2.23. The molecule has 0 bridgehead atoms. The highest BCUT2D eigenvalue weighted by atomic mass is 16.5. The molecule has 2 aromatic carbocycles. The van der Waals surface area contributed by atoms with Crippen LogP contribution in [0.3, 0.4) is 0 Å². The van der Waals surface area contributed by atoms with E-state index in [4.69, 9.17) is 9.15 Å². The normalized spacial score (nSPS) is 15.3. The molecule has 5 heteroatoms. The third-order valence-corrected chi connectivity index (χ3v) is 5.66. The van der Waals surface area contributed by atoms with Gasteiger partial charge in [-0.3, -0.25) is 9.78 Å². The summed E-state index contributed by atoms with van der Waals surface area (Å²) in [5.41, 5.74) is 4.25. The van der Waals surface area contributed by atoms with Gasteiger partial charge < -0.3 is 9.15 Å². The number of ether oxygens (including phenoxy) is 1. The molecular weight excluding hydrogens is 388 g/mol. The van der Waals surface area contributed by atoms with Crippen molar-refractivity contribution in [1.29, 1.82) is 0 Å². The zero-order valence-corrected chi connectivity index (χ0v) is 17.0. The zero-order chi connectivity index (χ0) is 21.0. The average molecular weight is 410 g/mol. The maximum atomic E-state index is 13.0. The smallest absolute Gasteiger partial charge is 0.264 e. The van der Waals surface area contributed by atoms with Crippen molar-refractivity contribution in [3.63, 3.8) is 0 Å². The minimum Gasteiger partial charge on any atom is -0.489 e. The molecule has 2 heterocycles. The van der Waals surface area contributed by atoms with Gasteiger partial charge in [0.15, 0.2) is 5.76 Å². The maximum Gasteiger partial charge on any atom is 0.264 e. The number of Topliss-reactive ketones (excluding diaryl/α,β-unsaturated/α-hetero) is 1. The Morgan fingerprint density at radius 1 is 1.00 bits per heavy atom. The molecule has 0 N–H and O–H groups in total. The minimum absolute atomic E-state index is 0.0442. The summed E-state index contributed by atoms with van der Waals surface area (Å²) in [6.45, 7) is 0.545. The molecule has 0 radical (unpaired) electrons. The van der Waals surface area contributed by atoms with Gasteiger partial charge in [-0.1, -0.05) is 42.5 Å². The van der Waals surface area contributed by atoms with E-state index in [9.17, 15) is 4.79 Å². The standard InChI is InChI=1S/C26H22N2O3/c29-25(26-28-16-24(31-26)23-8-4-5-13-27-23)21-10-9-20-15-22(12-11-19(20)14-21)30-17-18-6-2-1-3-7-18/h1-8,11-13,15-16,21H,9-10,14,17H2/t21-/m1/s1. The van der Waals surface area contributed by atoms with Gasteiger partial charge in [-0.05, 0) is 60.2 Å². The highest BCUT2D eigenvalue weighted by Gasteiger charge is 2.29. The van der Waals surface area contributed by atoms with Crippen molar-refractivity contribution in [2.45, 2.75) is 25.9 Å². The van der Waals surface area contributed by atoms with Crippen LogP contribution in [0.4, 0.5) is 0 Å². The SMILES string of the molecule is O=C(c1ncc(-c2ccccn2)o1)[C@@H]1CCc2cc(OCc3ccccc3)ccc2C1. The lowest BCUT2D eigenvalue weighted by Gasteiger charge is -2.23. The molecular formula is C26H22N2O3. The first-order valence-electron chi connectivity index (χ1n) is 10.5. The van der Waals surface area contributed by atoms with E-state index in [0.717, 1.165) is 24.2 Å². The van der Waals surface area contributed by atoms with Crippen LogP contribution in [0.25, 0.3) is 11.5 Å². The van der Waals surface area contributed by atoms with Crippen molar-refractivity contribution in [2.24, 2.45) is 5.92 Å². The third-order valence-electron chi connectivity index (χ3n) is 5.66. The maximum absolute atomic E-state index is 13.0. The molecule has 5 nitrogen and oxygen atoms in total. The second kappa shape index (κ2) is 8.56. The fourth-order valence-corrected chi connectivity index (χ4v) is 3.98. The number of nitrogens with zero attached hydrogens (tertiary/aromatic N) is 2. The number of benzene rings is 2. The second-order valence-electron chi connectivity index (χ2n) is 7.75. The van der Waals surface area contributed by atoms with Crippen LogP contribution < -0.4 is 4.74 Å². The van der Waals surface area contributed by atoms with Crippen molar-refractivity contribution < 1.29 is 13.9 Å². The highest BCUT2D eigenvalue weighted by molar-refractivity contribution is 5.94. The first-order chi connectivity index (χ1) is 15.3. The van der Waals surface area contributed by atoms with Crippen molar-refractivity contribution >= 4 is 5.78 Å². The minimum atomic E-state index is -0.126. The molecule has 0 spiro atoms. The molecule has 0 unspecified atom stereocenters. The van der Waals surface area contributed by atoms with Gasteiger partial charge >= 0.3 is 0 Å². The summed E-state index contributed by atoms with van der Waals surface area (Å²) in [5.74, 6) is 1.37. The Labute approximate surface area is 180 Å². The van der Waals surface area contributed by atoms with Crippen LogP contribution in [-0.2, 0) is 19.4 Å². The summed E-state index contributed by atoms with van der Waals surface area (Å²) in [5, 5.41) is 0. The molecule has 1 aliphatic carbocycles. The number of carbonyl (C=O) groups is 1. The van der Waals surface area contributed by atoms with Crippen LogP contribution in [0, 0.1) is 5.92 Å². The third kappa shape index (κ3) is 4.26. The Balaban J connectivity index is 1.25. The summed E-state index contributed by atoms with van der Waals surface area (Å²) < 4.78 is 11.7. The van der Waals surface area contributed by atoms with Crippen molar-refractivity contribution in [3.8, 4) is 17.2 Å². The lowest BCUT2D eigenvalue weighted by atomic mass is 9.81.